The number of carbonyl (C=O) groups is 2. The Morgan fingerprint density at radius 3 is 2.29 bits per heavy atom. The molecule has 2 heterocycles. The third kappa shape index (κ3) is 5.67. The molecule has 41 heavy (non-hydrogen) atoms. The summed E-state index contributed by atoms with van der Waals surface area (Å²) >= 11 is 0. The van der Waals surface area contributed by atoms with Crippen molar-refractivity contribution in [2.75, 3.05) is 39.0 Å². The number of benzene rings is 3. The monoisotopic (exact) mass is 559 g/mol. The molecule has 0 bridgehead atoms. The molecule has 5 rings (SSSR count). The molecular formula is C32H37N3O6. The summed E-state index contributed by atoms with van der Waals surface area (Å²) in [7, 11) is 3.44. The number of para-hydroxylation sites is 1. The number of hydrogen-bond donors (Lipinski definition) is 2. The number of amides is 1. The molecule has 216 valence electrons. The fourth-order valence-electron chi connectivity index (χ4n) is 6.18. The zero-order valence-electron chi connectivity index (χ0n) is 23.9. The number of rotatable bonds is 10. The summed E-state index contributed by atoms with van der Waals surface area (Å²) in [5.41, 5.74) is 8.00. The molecule has 1 fully saturated rings. The Labute approximate surface area is 240 Å². The molecule has 0 aliphatic carbocycles. The summed E-state index contributed by atoms with van der Waals surface area (Å²) in [6, 6.07) is 18.6. The minimum absolute atomic E-state index is 0.0294. The number of carboxylic acids is 1. The third-order valence-electron chi connectivity index (χ3n) is 8.10. The normalized spacial score (nSPS) is 19.7. The second-order valence-corrected chi connectivity index (χ2v) is 10.5. The minimum atomic E-state index is -0.919. The topological polar surface area (TPSA) is 101 Å². The lowest BCUT2D eigenvalue weighted by atomic mass is 9.82. The van der Waals surface area contributed by atoms with Crippen molar-refractivity contribution in [3.63, 3.8) is 0 Å². The SMILES string of the molecule is CCc1cccc(CC)c1N(C)NC(=O)CN1C[C@@H](c2ccc3c(c2)OCO3)[C@H](C(=O)O)[C@H]1c1ccc(OC)cc1. The van der Waals surface area contributed by atoms with Crippen LogP contribution in [-0.2, 0) is 22.4 Å². The van der Waals surface area contributed by atoms with Crippen LogP contribution in [0.4, 0.5) is 5.69 Å². The first-order valence-electron chi connectivity index (χ1n) is 14.0. The molecule has 0 radical (unpaired) electrons. The van der Waals surface area contributed by atoms with Gasteiger partial charge < -0.3 is 19.3 Å². The summed E-state index contributed by atoms with van der Waals surface area (Å²) in [6.45, 7) is 4.75. The predicted octanol–water partition coefficient (Wildman–Crippen LogP) is 4.56. The number of hydrazine groups is 1. The van der Waals surface area contributed by atoms with E-state index in [2.05, 4.69) is 31.4 Å². The van der Waals surface area contributed by atoms with Gasteiger partial charge in [0.1, 0.15) is 5.75 Å². The number of nitrogens with one attached hydrogen (secondary N) is 1. The average molecular weight is 560 g/mol. The molecule has 2 N–H and O–H groups in total. The van der Waals surface area contributed by atoms with E-state index in [4.69, 9.17) is 14.2 Å². The number of aryl methyl sites for hydroxylation is 2. The molecule has 3 aromatic carbocycles. The van der Waals surface area contributed by atoms with E-state index in [9.17, 15) is 14.7 Å². The summed E-state index contributed by atoms with van der Waals surface area (Å²) in [5.74, 6) is -0.366. The van der Waals surface area contributed by atoms with Crippen LogP contribution in [0.5, 0.6) is 17.2 Å². The molecule has 9 nitrogen and oxygen atoms in total. The fourth-order valence-corrected chi connectivity index (χ4v) is 6.18. The van der Waals surface area contributed by atoms with Crippen LogP contribution in [0, 0.1) is 5.92 Å². The first-order chi connectivity index (χ1) is 19.8. The highest BCUT2D eigenvalue weighted by atomic mass is 16.7. The number of likely N-dealkylation sites (tertiary alicyclic amines) is 1. The van der Waals surface area contributed by atoms with Gasteiger partial charge in [-0.25, -0.2) is 0 Å². The van der Waals surface area contributed by atoms with Crippen molar-refractivity contribution in [3.8, 4) is 17.2 Å². The van der Waals surface area contributed by atoms with Gasteiger partial charge in [-0.1, -0.05) is 50.2 Å². The van der Waals surface area contributed by atoms with Crippen molar-refractivity contribution in [3.05, 3.63) is 82.9 Å². The minimum Gasteiger partial charge on any atom is -0.497 e. The van der Waals surface area contributed by atoms with Gasteiger partial charge in [-0.15, -0.1) is 0 Å². The number of ether oxygens (including phenoxy) is 3. The van der Waals surface area contributed by atoms with E-state index >= 15 is 0 Å². The van der Waals surface area contributed by atoms with Gasteiger partial charge in [-0.05, 0) is 59.4 Å². The summed E-state index contributed by atoms with van der Waals surface area (Å²) < 4.78 is 16.4. The quantitative estimate of drug-likeness (QED) is 0.349. The molecule has 2 aliphatic heterocycles. The standard InChI is InChI=1S/C32H37N3O6/c1-5-20-8-7-9-21(6-2)30(20)34(3)33-28(36)18-35-17-25(23-12-15-26-27(16-23)41-19-40-26)29(32(37)38)31(35)22-10-13-24(39-4)14-11-22/h7-16,25,29,31H,5-6,17-19H2,1-4H3,(H,33,36)(H,37,38)/t25-,29-,31+/m0/s1. The van der Waals surface area contributed by atoms with E-state index in [0.717, 1.165) is 40.8 Å². The average Bonchev–Trinajstić information content (AvgIpc) is 3.61. The molecule has 1 amide bonds. The van der Waals surface area contributed by atoms with Gasteiger partial charge in [0.15, 0.2) is 11.5 Å². The molecule has 0 unspecified atom stereocenters. The fraction of sp³-hybridized carbons (Fsp3) is 0.375. The van der Waals surface area contributed by atoms with Gasteiger partial charge >= 0.3 is 5.97 Å². The summed E-state index contributed by atoms with van der Waals surface area (Å²) in [6.07, 6.45) is 1.68. The van der Waals surface area contributed by atoms with E-state index in [1.165, 1.54) is 0 Å². The van der Waals surface area contributed by atoms with E-state index in [0.29, 0.717) is 23.8 Å². The highest BCUT2D eigenvalue weighted by Crippen LogP contribution is 2.47. The van der Waals surface area contributed by atoms with Crippen molar-refractivity contribution in [1.82, 2.24) is 10.3 Å². The Kier molecular flexibility index (Phi) is 8.35. The Morgan fingerprint density at radius 1 is 1.00 bits per heavy atom. The molecule has 0 saturated carbocycles. The van der Waals surface area contributed by atoms with Crippen molar-refractivity contribution in [2.24, 2.45) is 5.92 Å². The van der Waals surface area contributed by atoms with Crippen LogP contribution in [0.3, 0.4) is 0 Å². The largest absolute Gasteiger partial charge is 0.497 e. The number of aliphatic carboxylic acids is 1. The molecular weight excluding hydrogens is 522 g/mol. The molecule has 3 atom stereocenters. The second-order valence-electron chi connectivity index (χ2n) is 10.5. The number of carbonyl (C=O) groups excluding carboxylic acids is 1. The van der Waals surface area contributed by atoms with Crippen molar-refractivity contribution in [1.29, 1.82) is 0 Å². The lowest BCUT2D eigenvalue weighted by Crippen LogP contribution is -2.46. The number of methoxy groups -OCH3 is 1. The van der Waals surface area contributed by atoms with E-state index in [-0.39, 0.29) is 25.2 Å². The molecule has 0 spiro atoms. The van der Waals surface area contributed by atoms with Crippen LogP contribution in [-0.4, -0.2) is 55.9 Å². The maximum atomic E-state index is 13.5. The molecule has 0 aromatic heterocycles. The lowest BCUT2D eigenvalue weighted by Gasteiger charge is -2.29. The molecule has 9 heteroatoms. The maximum Gasteiger partial charge on any atom is 0.309 e. The zero-order valence-corrected chi connectivity index (χ0v) is 23.9. The van der Waals surface area contributed by atoms with Crippen LogP contribution in [0.15, 0.2) is 60.7 Å². The number of carboxylic acid groups (broad SMARTS) is 1. The Hall–Kier alpha value is -4.24. The number of anilines is 1. The van der Waals surface area contributed by atoms with Crippen LogP contribution in [0.1, 0.15) is 48.1 Å². The zero-order chi connectivity index (χ0) is 29.1. The van der Waals surface area contributed by atoms with Gasteiger partial charge in [-0.2, -0.15) is 0 Å². The second kappa shape index (κ2) is 12.1. The van der Waals surface area contributed by atoms with E-state index in [1.807, 2.05) is 60.5 Å². The maximum absolute atomic E-state index is 13.5. The van der Waals surface area contributed by atoms with Gasteiger partial charge in [0.2, 0.25) is 6.79 Å². The van der Waals surface area contributed by atoms with Crippen molar-refractivity contribution in [2.45, 2.75) is 38.6 Å². The van der Waals surface area contributed by atoms with Crippen LogP contribution in [0.2, 0.25) is 0 Å². The Balaban J connectivity index is 1.45. The Morgan fingerprint density at radius 2 is 1.66 bits per heavy atom. The van der Waals surface area contributed by atoms with Crippen molar-refractivity contribution >= 4 is 17.6 Å². The number of hydrogen-bond acceptors (Lipinski definition) is 7. The molecule has 1 saturated heterocycles. The Bertz CT molecular complexity index is 1390. The van der Waals surface area contributed by atoms with E-state index in [1.54, 1.807) is 12.1 Å². The van der Waals surface area contributed by atoms with Crippen LogP contribution in [0.25, 0.3) is 0 Å². The number of fused-ring (bicyclic) bond motifs is 1. The van der Waals surface area contributed by atoms with Crippen LogP contribution < -0.4 is 24.6 Å². The van der Waals surface area contributed by atoms with Gasteiger partial charge in [0.25, 0.3) is 5.91 Å². The highest BCUT2D eigenvalue weighted by Gasteiger charge is 2.48. The first-order valence-corrected chi connectivity index (χ1v) is 14.0. The van der Waals surface area contributed by atoms with Crippen LogP contribution >= 0.6 is 0 Å². The molecule has 3 aromatic rings. The lowest BCUT2D eigenvalue weighted by molar-refractivity contribution is -0.143. The highest BCUT2D eigenvalue weighted by molar-refractivity contribution is 5.81. The number of nitrogens with zero attached hydrogens (tertiary/aromatic N) is 2. The van der Waals surface area contributed by atoms with Gasteiger partial charge in [0.05, 0.1) is 25.3 Å². The first kappa shape index (κ1) is 28.3. The summed E-state index contributed by atoms with van der Waals surface area (Å²) in [4.78, 5) is 28.3. The van der Waals surface area contributed by atoms with Gasteiger partial charge in [-0.3, -0.25) is 24.9 Å². The van der Waals surface area contributed by atoms with Gasteiger partial charge in [0, 0.05) is 25.6 Å². The summed E-state index contributed by atoms with van der Waals surface area (Å²) in [5, 5.41) is 12.3. The smallest absolute Gasteiger partial charge is 0.309 e. The predicted molar refractivity (Wildman–Crippen MR) is 155 cm³/mol. The van der Waals surface area contributed by atoms with Crippen molar-refractivity contribution < 1.29 is 28.9 Å². The molecule has 2 aliphatic rings. The van der Waals surface area contributed by atoms with E-state index < -0.39 is 17.9 Å². The third-order valence-corrected chi connectivity index (χ3v) is 8.10.